The molecule has 9 heteroatoms. The minimum atomic E-state index is -0.0786. The van der Waals surface area contributed by atoms with Crippen molar-refractivity contribution in [1.29, 1.82) is 0 Å². The van der Waals surface area contributed by atoms with E-state index >= 15 is 0 Å². The Kier molecular flexibility index (Phi) is 5.35. The molecule has 0 amide bonds. The molecule has 0 bridgehead atoms. The van der Waals surface area contributed by atoms with Crippen LogP contribution >= 0.6 is 11.3 Å². The molecule has 158 valence electrons. The van der Waals surface area contributed by atoms with Crippen LogP contribution in [0.3, 0.4) is 0 Å². The first-order chi connectivity index (χ1) is 15.2. The van der Waals surface area contributed by atoms with E-state index in [1.165, 1.54) is 17.4 Å². The van der Waals surface area contributed by atoms with Crippen molar-refractivity contribution in [2.75, 3.05) is 10.6 Å². The summed E-state index contributed by atoms with van der Waals surface area (Å²) in [4.78, 5) is 26.3. The third-order valence-corrected chi connectivity index (χ3v) is 6.49. The van der Waals surface area contributed by atoms with Crippen LogP contribution in [0.25, 0.3) is 15.9 Å². The van der Waals surface area contributed by atoms with Gasteiger partial charge < -0.3 is 15.7 Å². The molecule has 4 heterocycles. The van der Waals surface area contributed by atoms with Crippen molar-refractivity contribution in [1.82, 2.24) is 19.5 Å². The first-order valence-electron chi connectivity index (χ1n) is 10.2. The maximum Gasteiger partial charge on any atom is 0.255 e. The number of pyridine rings is 2. The Bertz CT molecular complexity index is 1250. The number of nitrogens with zero attached hydrogens (tertiary/aromatic N) is 4. The van der Waals surface area contributed by atoms with Crippen molar-refractivity contribution in [2.45, 2.75) is 38.0 Å². The van der Waals surface area contributed by atoms with Gasteiger partial charge in [0.25, 0.3) is 5.56 Å². The number of aliphatic hydroxyl groups is 1. The van der Waals surface area contributed by atoms with E-state index in [9.17, 15) is 9.90 Å². The molecule has 4 aromatic heterocycles. The number of nitrogens with one attached hydrogen (secondary N) is 2. The zero-order valence-corrected chi connectivity index (χ0v) is 17.5. The van der Waals surface area contributed by atoms with Gasteiger partial charge in [-0.3, -0.25) is 9.36 Å². The molecular formula is C22H22N6O2S. The molecule has 1 aliphatic carbocycles. The summed E-state index contributed by atoms with van der Waals surface area (Å²) in [6, 6.07) is 11.4. The second-order valence-corrected chi connectivity index (χ2v) is 8.79. The number of aromatic nitrogens is 4. The highest BCUT2D eigenvalue weighted by Crippen LogP contribution is 2.27. The highest BCUT2D eigenvalue weighted by atomic mass is 32.1. The van der Waals surface area contributed by atoms with Gasteiger partial charge in [0, 0.05) is 29.2 Å². The summed E-state index contributed by atoms with van der Waals surface area (Å²) in [6.45, 7) is 0.0247. The molecule has 0 unspecified atom stereocenters. The molecule has 1 saturated carbocycles. The lowest BCUT2D eigenvalue weighted by atomic mass is 10.2. The number of anilines is 2. The van der Waals surface area contributed by atoms with Crippen LogP contribution < -0.4 is 16.2 Å². The van der Waals surface area contributed by atoms with Crippen LogP contribution in [0.15, 0.2) is 59.8 Å². The number of hydrogen-bond donors (Lipinski definition) is 3. The van der Waals surface area contributed by atoms with Crippen LogP contribution in [0.2, 0.25) is 0 Å². The maximum absolute atomic E-state index is 12.0. The standard InChI is InChI=1S/C22H22N6O2S/c29-13-17-10-18-19(31-17)12-24-22(27-18)26-15-5-4-14(9-15)25-20-7-6-16(11-23-20)28-8-2-1-3-21(28)30/h1-3,6-8,10-12,14-15,29H,4-5,9,13H2,(H,23,25)(H,24,26,27)/t14-,15-/m0/s1. The van der Waals surface area contributed by atoms with Gasteiger partial charge in [-0.15, -0.1) is 11.3 Å². The van der Waals surface area contributed by atoms with E-state index in [2.05, 4.69) is 25.6 Å². The molecule has 0 aliphatic heterocycles. The van der Waals surface area contributed by atoms with E-state index in [1.807, 2.05) is 30.5 Å². The topological polar surface area (TPSA) is 105 Å². The molecule has 31 heavy (non-hydrogen) atoms. The van der Waals surface area contributed by atoms with Crippen molar-refractivity contribution in [2.24, 2.45) is 0 Å². The van der Waals surface area contributed by atoms with Crippen LogP contribution in [0, 0.1) is 0 Å². The summed E-state index contributed by atoms with van der Waals surface area (Å²) in [6.07, 6.45) is 8.23. The lowest BCUT2D eigenvalue weighted by molar-refractivity contribution is 0.285. The van der Waals surface area contributed by atoms with Gasteiger partial charge in [0.1, 0.15) is 5.82 Å². The molecule has 1 fully saturated rings. The van der Waals surface area contributed by atoms with Gasteiger partial charge >= 0.3 is 0 Å². The van der Waals surface area contributed by atoms with E-state index in [1.54, 1.807) is 23.0 Å². The average molecular weight is 435 g/mol. The summed E-state index contributed by atoms with van der Waals surface area (Å²) in [7, 11) is 0. The van der Waals surface area contributed by atoms with E-state index in [0.717, 1.165) is 45.9 Å². The fraction of sp³-hybridized carbons (Fsp3) is 0.273. The lowest BCUT2D eigenvalue weighted by Crippen LogP contribution is -2.22. The quantitative estimate of drug-likeness (QED) is 0.428. The van der Waals surface area contributed by atoms with Crippen molar-refractivity contribution in [3.63, 3.8) is 0 Å². The number of rotatable bonds is 6. The Morgan fingerprint density at radius 1 is 1.10 bits per heavy atom. The molecule has 0 radical (unpaired) electrons. The summed E-state index contributed by atoms with van der Waals surface area (Å²) < 4.78 is 2.55. The summed E-state index contributed by atoms with van der Waals surface area (Å²) >= 11 is 1.51. The van der Waals surface area contributed by atoms with Crippen molar-refractivity contribution >= 4 is 33.3 Å². The number of fused-ring (bicyclic) bond motifs is 1. The Labute approximate surface area is 182 Å². The second-order valence-electron chi connectivity index (χ2n) is 7.62. The largest absolute Gasteiger partial charge is 0.391 e. The van der Waals surface area contributed by atoms with Gasteiger partial charge in [0.05, 0.1) is 34.9 Å². The van der Waals surface area contributed by atoms with Crippen LogP contribution in [0.4, 0.5) is 11.8 Å². The normalized spacial score (nSPS) is 18.4. The minimum absolute atomic E-state index is 0.0247. The monoisotopic (exact) mass is 434 g/mol. The highest BCUT2D eigenvalue weighted by Gasteiger charge is 2.25. The Morgan fingerprint density at radius 2 is 1.97 bits per heavy atom. The summed E-state index contributed by atoms with van der Waals surface area (Å²) in [5, 5.41) is 16.2. The van der Waals surface area contributed by atoms with Crippen molar-refractivity contribution < 1.29 is 5.11 Å². The fourth-order valence-electron chi connectivity index (χ4n) is 3.93. The molecule has 1 aliphatic rings. The molecule has 2 atom stereocenters. The lowest BCUT2D eigenvalue weighted by Gasteiger charge is -2.15. The summed E-state index contributed by atoms with van der Waals surface area (Å²) in [5.74, 6) is 1.42. The van der Waals surface area contributed by atoms with Crippen molar-refractivity contribution in [3.05, 3.63) is 70.2 Å². The zero-order valence-electron chi connectivity index (χ0n) is 16.7. The number of thiophene rings is 1. The summed E-state index contributed by atoms with van der Waals surface area (Å²) in [5.41, 5.74) is 1.53. The third kappa shape index (κ3) is 4.28. The van der Waals surface area contributed by atoms with Crippen LogP contribution in [0.5, 0.6) is 0 Å². The fourth-order valence-corrected chi connectivity index (χ4v) is 4.76. The van der Waals surface area contributed by atoms with Crippen LogP contribution in [0.1, 0.15) is 24.1 Å². The molecule has 8 nitrogen and oxygen atoms in total. The first kappa shape index (κ1) is 19.7. The SMILES string of the molecule is O=c1ccccn1-c1ccc(N[C@H]2CC[C@H](Nc3ncc4sc(CO)cc4n3)C2)nc1. The van der Waals surface area contributed by atoms with Gasteiger partial charge in [0.2, 0.25) is 5.95 Å². The third-order valence-electron chi connectivity index (χ3n) is 5.44. The van der Waals surface area contributed by atoms with Gasteiger partial charge in [-0.2, -0.15) is 0 Å². The Hall–Kier alpha value is -3.30. The van der Waals surface area contributed by atoms with E-state index < -0.39 is 0 Å². The van der Waals surface area contributed by atoms with Gasteiger partial charge in [-0.1, -0.05) is 6.07 Å². The molecule has 0 saturated heterocycles. The van der Waals surface area contributed by atoms with Crippen molar-refractivity contribution in [3.8, 4) is 5.69 Å². The van der Waals surface area contributed by atoms with E-state index in [4.69, 9.17) is 0 Å². The number of aliphatic hydroxyl groups excluding tert-OH is 1. The van der Waals surface area contributed by atoms with Crippen LogP contribution in [-0.2, 0) is 6.61 Å². The predicted octanol–water partition coefficient (Wildman–Crippen LogP) is 3.17. The van der Waals surface area contributed by atoms with Crippen LogP contribution in [-0.4, -0.2) is 36.7 Å². The molecule has 4 aromatic rings. The zero-order chi connectivity index (χ0) is 21.2. The Balaban J connectivity index is 1.20. The van der Waals surface area contributed by atoms with Gasteiger partial charge in [-0.25, -0.2) is 15.0 Å². The highest BCUT2D eigenvalue weighted by molar-refractivity contribution is 7.18. The molecular weight excluding hydrogens is 412 g/mol. The van der Waals surface area contributed by atoms with E-state index in [0.29, 0.717) is 12.0 Å². The molecule has 3 N–H and O–H groups in total. The minimum Gasteiger partial charge on any atom is -0.391 e. The van der Waals surface area contributed by atoms with Gasteiger partial charge in [-0.05, 0) is 43.5 Å². The first-order valence-corrected chi connectivity index (χ1v) is 11.0. The van der Waals surface area contributed by atoms with Gasteiger partial charge in [0.15, 0.2) is 0 Å². The molecule has 5 rings (SSSR count). The predicted molar refractivity (Wildman–Crippen MR) is 122 cm³/mol. The smallest absolute Gasteiger partial charge is 0.255 e. The molecule has 0 aromatic carbocycles. The average Bonchev–Trinajstić information content (AvgIpc) is 3.41. The second kappa shape index (κ2) is 8.44. The van der Waals surface area contributed by atoms with E-state index in [-0.39, 0.29) is 18.2 Å². The Morgan fingerprint density at radius 3 is 2.74 bits per heavy atom. The number of hydrogen-bond acceptors (Lipinski definition) is 8. The molecule has 0 spiro atoms. The maximum atomic E-state index is 12.0.